The lowest BCUT2D eigenvalue weighted by Crippen LogP contribution is -2.15. The topological polar surface area (TPSA) is 68.2 Å². The van der Waals surface area contributed by atoms with Crippen molar-refractivity contribution in [2.45, 2.75) is 6.42 Å². The smallest absolute Gasteiger partial charge is 0.335 e. The number of halogens is 1. The van der Waals surface area contributed by atoms with Gasteiger partial charge in [-0.1, -0.05) is 29.8 Å². The first-order valence-corrected chi connectivity index (χ1v) is 10.9. The third-order valence-electron chi connectivity index (χ3n) is 5.21. The molecule has 3 aromatic carbocycles. The van der Waals surface area contributed by atoms with E-state index < -0.39 is 5.97 Å². The van der Waals surface area contributed by atoms with E-state index in [9.17, 15) is 9.90 Å². The van der Waals surface area contributed by atoms with E-state index in [1.807, 2.05) is 44.4 Å². The molecule has 0 aliphatic rings. The van der Waals surface area contributed by atoms with Crippen LogP contribution in [0.15, 0.2) is 54.6 Å². The third kappa shape index (κ3) is 5.78. The number of carboxylic acid groups (broad SMARTS) is 1. The zero-order chi connectivity index (χ0) is 24.0. The highest BCUT2D eigenvalue weighted by molar-refractivity contribution is 6.32. The lowest BCUT2D eigenvalue weighted by molar-refractivity contribution is 0.0697. The molecule has 174 valence electrons. The number of aromatic carboxylic acids is 1. The van der Waals surface area contributed by atoms with Gasteiger partial charge >= 0.3 is 5.97 Å². The standard InChI is InChI=1S/C26H28ClNO5/c1-28(2)13-6-14-33-24-16-17(10-12-21(24)27)20-15-18(26(29)30)9-11-19(20)25-22(31-3)7-5-8-23(25)32-4/h5,7-12,15-16H,6,13-14H2,1-4H3,(H,29,30). The fourth-order valence-corrected chi connectivity index (χ4v) is 3.77. The predicted octanol–water partition coefficient (Wildman–Crippen LogP) is 5.72. The van der Waals surface area contributed by atoms with Crippen LogP contribution >= 0.6 is 11.6 Å². The maximum Gasteiger partial charge on any atom is 0.335 e. The second-order valence-electron chi connectivity index (χ2n) is 7.75. The molecule has 0 unspecified atom stereocenters. The Kier molecular flexibility index (Phi) is 8.20. The number of methoxy groups -OCH3 is 2. The van der Waals surface area contributed by atoms with Crippen molar-refractivity contribution in [1.82, 2.24) is 4.90 Å². The number of carbonyl (C=O) groups is 1. The van der Waals surface area contributed by atoms with E-state index >= 15 is 0 Å². The summed E-state index contributed by atoms with van der Waals surface area (Å²) in [5, 5.41) is 10.1. The van der Waals surface area contributed by atoms with Crippen molar-refractivity contribution in [2.75, 3.05) is 41.5 Å². The quantitative estimate of drug-likeness (QED) is 0.383. The Balaban J connectivity index is 2.12. The van der Waals surface area contributed by atoms with Gasteiger partial charge in [-0.3, -0.25) is 0 Å². The van der Waals surface area contributed by atoms with Crippen molar-refractivity contribution in [2.24, 2.45) is 0 Å². The maximum absolute atomic E-state index is 11.7. The summed E-state index contributed by atoms with van der Waals surface area (Å²) < 4.78 is 17.1. The van der Waals surface area contributed by atoms with Gasteiger partial charge in [0, 0.05) is 6.54 Å². The molecular formula is C26H28ClNO5. The Bertz CT molecular complexity index is 1110. The van der Waals surface area contributed by atoms with Gasteiger partial charge < -0.3 is 24.2 Å². The van der Waals surface area contributed by atoms with Gasteiger partial charge in [0.05, 0.1) is 37.0 Å². The van der Waals surface area contributed by atoms with Crippen LogP contribution in [0.4, 0.5) is 0 Å². The molecule has 33 heavy (non-hydrogen) atoms. The zero-order valence-corrected chi connectivity index (χ0v) is 20.0. The normalized spacial score (nSPS) is 10.8. The highest BCUT2D eigenvalue weighted by Gasteiger charge is 2.19. The van der Waals surface area contributed by atoms with Gasteiger partial charge in [-0.15, -0.1) is 0 Å². The van der Waals surface area contributed by atoms with Crippen molar-refractivity contribution in [3.63, 3.8) is 0 Å². The van der Waals surface area contributed by atoms with Crippen LogP contribution < -0.4 is 14.2 Å². The van der Waals surface area contributed by atoms with E-state index in [0.717, 1.165) is 29.7 Å². The molecule has 0 spiro atoms. The summed E-state index contributed by atoms with van der Waals surface area (Å²) in [6.07, 6.45) is 0.853. The maximum atomic E-state index is 11.7. The lowest BCUT2D eigenvalue weighted by atomic mass is 9.91. The summed E-state index contributed by atoms with van der Waals surface area (Å²) in [6.45, 7) is 1.42. The number of carboxylic acids is 1. The predicted molar refractivity (Wildman–Crippen MR) is 131 cm³/mol. The minimum absolute atomic E-state index is 0.172. The van der Waals surface area contributed by atoms with Crippen LogP contribution in [0.2, 0.25) is 5.02 Å². The molecule has 0 bridgehead atoms. The molecule has 6 nitrogen and oxygen atoms in total. The molecule has 0 heterocycles. The Morgan fingerprint density at radius 3 is 2.24 bits per heavy atom. The van der Waals surface area contributed by atoms with E-state index in [0.29, 0.717) is 34.4 Å². The van der Waals surface area contributed by atoms with Crippen LogP contribution in [0, 0.1) is 0 Å². The number of rotatable bonds is 10. The van der Waals surface area contributed by atoms with E-state index in [1.165, 1.54) is 0 Å². The summed E-state index contributed by atoms with van der Waals surface area (Å²) in [5.74, 6) is 0.774. The van der Waals surface area contributed by atoms with Crippen LogP contribution in [0.3, 0.4) is 0 Å². The van der Waals surface area contributed by atoms with E-state index in [-0.39, 0.29) is 5.56 Å². The first kappa shape index (κ1) is 24.4. The summed E-state index contributed by atoms with van der Waals surface area (Å²) >= 11 is 6.39. The van der Waals surface area contributed by atoms with Gasteiger partial charge in [0.2, 0.25) is 0 Å². The van der Waals surface area contributed by atoms with Crippen LogP contribution in [0.1, 0.15) is 16.8 Å². The third-order valence-corrected chi connectivity index (χ3v) is 5.53. The Morgan fingerprint density at radius 2 is 1.64 bits per heavy atom. The van der Waals surface area contributed by atoms with E-state index in [1.54, 1.807) is 38.5 Å². The minimum atomic E-state index is -1.01. The number of hydrogen-bond acceptors (Lipinski definition) is 5. The monoisotopic (exact) mass is 469 g/mol. The van der Waals surface area contributed by atoms with E-state index in [4.69, 9.17) is 25.8 Å². The zero-order valence-electron chi connectivity index (χ0n) is 19.2. The second-order valence-corrected chi connectivity index (χ2v) is 8.16. The molecule has 0 aliphatic heterocycles. The summed E-state index contributed by atoms with van der Waals surface area (Å²) in [5.41, 5.74) is 3.15. The Hall–Kier alpha value is -3.22. The molecule has 0 atom stereocenters. The summed E-state index contributed by atoms with van der Waals surface area (Å²) in [6, 6.07) is 16.0. The molecule has 0 radical (unpaired) electrons. The molecule has 1 N–H and O–H groups in total. The molecule has 0 aliphatic carbocycles. The van der Waals surface area contributed by atoms with Crippen LogP contribution in [-0.4, -0.2) is 57.4 Å². The van der Waals surface area contributed by atoms with E-state index in [2.05, 4.69) is 4.90 Å². The van der Waals surface area contributed by atoms with Crippen LogP contribution in [0.25, 0.3) is 22.3 Å². The van der Waals surface area contributed by atoms with Crippen molar-refractivity contribution in [3.8, 4) is 39.5 Å². The molecule has 3 aromatic rings. The summed E-state index contributed by atoms with van der Waals surface area (Å²) in [4.78, 5) is 13.8. The average molecular weight is 470 g/mol. The van der Waals surface area contributed by atoms with Crippen molar-refractivity contribution >= 4 is 17.6 Å². The highest BCUT2D eigenvalue weighted by atomic mass is 35.5. The lowest BCUT2D eigenvalue weighted by Gasteiger charge is -2.18. The van der Waals surface area contributed by atoms with Crippen molar-refractivity contribution in [3.05, 3.63) is 65.2 Å². The fraction of sp³-hybridized carbons (Fsp3) is 0.269. The second kappa shape index (κ2) is 11.1. The molecule has 7 heteroatoms. The van der Waals surface area contributed by atoms with Gasteiger partial charge in [0.25, 0.3) is 0 Å². The molecule has 0 saturated carbocycles. The fourth-order valence-electron chi connectivity index (χ4n) is 3.60. The number of ether oxygens (including phenoxy) is 3. The minimum Gasteiger partial charge on any atom is -0.496 e. The number of hydrogen-bond donors (Lipinski definition) is 1. The van der Waals surface area contributed by atoms with Crippen molar-refractivity contribution < 1.29 is 24.1 Å². The van der Waals surface area contributed by atoms with Crippen LogP contribution in [-0.2, 0) is 0 Å². The Morgan fingerprint density at radius 1 is 0.939 bits per heavy atom. The van der Waals surface area contributed by atoms with Crippen LogP contribution in [0.5, 0.6) is 17.2 Å². The van der Waals surface area contributed by atoms with Gasteiger partial charge in [-0.05, 0) is 73.6 Å². The average Bonchev–Trinajstić information content (AvgIpc) is 2.81. The van der Waals surface area contributed by atoms with Crippen molar-refractivity contribution in [1.29, 1.82) is 0 Å². The molecule has 3 rings (SSSR count). The van der Waals surface area contributed by atoms with Gasteiger partial charge in [0.15, 0.2) is 0 Å². The van der Waals surface area contributed by atoms with Gasteiger partial charge in [-0.25, -0.2) is 4.79 Å². The first-order valence-electron chi connectivity index (χ1n) is 10.5. The number of nitrogens with zero attached hydrogens (tertiary/aromatic N) is 1. The number of benzene rings is 3. The highest BCUT2D eigenvalue weighted by Crippen LogP contribution is 2.44. The Labute approximate surface area is 199 Å². The largest absolute Gasteiger partial charge is 0.496 e. The molecule has 0 aromatic heterocycles. The molecule has 0 saturated heterocycles. The first-order chi connectivity index (χ1) is 15.8. The van der Waals surface area contributed by atoms with Gasteiger partial charge in [-0.2, -0.15) is 0 Å². The molecular weight excluding hydrogens is 442 g/mol. The SMILES string of the molecule is COc1cccc(OC)c1-c1ccc(C(=O)O)cc1-c1ccc(Cl)c(OCCCN(C)C)c1. The molecule has 0 fully saturated rings. The summed E-state index contributed by atoms with van der Waals surface area (Å²) in [7, 11) is 7.20. The van der Waals surface area contributed by atoms with Gasteiger partial charge in [0.1, 0.15) is 17.2 Å². The molecule has 0 amide bonds.